The van der Waals surface area contributed by atoms with E-state index in [2.05, 4.69) is 11.1 Å². The van der Waals surface area contributed by atoms with Crippen molar-refractivity contribution in [3.8, 4) is 0 Å². The fraction of sp³-hybridized carbons (Fsp3) is 0.471. The molecule has 2 heterocycles. The molecule has 0 radical (unpaired) electrons. The summed E-state index contributed by atoms with van der Waals surface area (Å²) in [5.41, 5.74) is 2.40. The monoisotopic (exact) mass is 349 g/mol. The van der Waals surface area contributed by atoms with Gasteiger partial charge in [0.2, 0.25) is 0 Å². The molecule has 0 saturated heterocycles. The molecule has 3 rings (SSSR count). The summed E-state index contributed by atoms with van der Waals surface area (Å²) >= 11 is 0. The minimum absolute atomic E-state index is 0.0786. The van der Waals surface area contributed by atoms with Crippen molar-refractivity contribution in [3.05, 3.63) is 47.9 Å². The van der Waals surface area contributed by atoms with Gasteiger partial charge in [0.15, 0.2) is 5.03 Å². The van der Waals surface area contributed by atoms with Crippen LogP contribution in [-0.4, -0.2) is 42.0 Å². The molecule has 7 heteroatoms. The zero-order valence-corrected chi connectivity index (χ0v) is 15.0. The highest BCUT2D eigenvalue weighted by Gasteiger charge is 2.28. The summed E-state index contributed by atoms with van der Waals surface area (Å²) in [5.74, 6) is 0. The van der Waals surface area contributed by atoms with Crippen molar-refractivity contribution in [2.75, 3.05) is 13.6 Å². The van der Waals surface area contributed by atoms with Gasteiger partial charge in [-0.05, 0) is 25.0 Å². The van der Waals surface area contributed by atoms with E-state index in [-0.39, 0.29) is 17.2 Å². The molecule has 1 aliphatic heterocycles. The Hall–Kier alpha value is -1.70. The standard InChI is InChI=1S/C17H23N3O3S/c1-13(2)20-10-17(18-12-20)24(21,22)19(3)9-16-8-14-6-4-5-7-15(14)11-23-16/h4-7,10,12-13,16H,8-9,11H2,1-3H3/t16-/m1/s1. The van der Waals surface area contributed by atoms with Gasteiger partial charge in [0.1, 0.15) is 0 Å². The second-order valence-corrected chi connectivity index (χ2v) is 8.44. The Bertz CT molecular complexity index is 814. The maximum absolute atomic E-state index is 12.7. The summed E-state index contributed by atoms with van der Waals surface area (Å²) in [5, 5.41) is 0.0786. The molecule has 1 atom stereocenters. The lowest BCUT2D eigenvalue weighted by atomic mass is 9.99. The Balaban J connectivity index is 1.71. The largest absolute Gasteiger partial charge is 0.372 e. The lowest BCUT2D eigenvalue weighted by Crippen LogP contribution is -2.38. The molecule has 1 aromatic carbocycles. The molecule has 1 aromatic heterocycles. The molecule has 0 amide bonds. The molecular weight excluding hydrogens is 326 g/mol. The van der Waals surface area contributed by atoms with Crippen LogP contribution in [0, 0.1) is 0 Å². The predicted molar refractivity (Wildman–Crippen MR) is 91.2 cm³/mol. The minimum Gasteiger partial charge on any atom is -0.372 e. The van der Waals surface area contributed by atoms with Gasteiger partial charge in [0.25, 0.3) is 10.0 Å². The van der Waals surface area contributed by atoms with E-state index in [1.807, 2.05) is 32.0 Å². The van der Waals surface area contributed by atoms with Crippen LogP contribution in [0.4, 0.5) is 0 Å². The summed E-state index contributed by atoms with van der Waals surface area (Å²) < 4.78 is 34.3. The Morgan fingerprint density at radius 2 is 2.04 bits per heavy atom. The number of sulfonamides is 1. The van der Waals surface area contributed by atoms with Gasteiger partial charge < -0.3 is 9.30 Å². The minimum atomic E-state index is -3.61. The van der Waals surface area contributed by atoms with E-state index in [1.165, 1.54) is 15.4 Å². The van der Waals surface area contributed by atoms with Gasteiger partial charge in [-0.2, -0.15) is 4.31 Å². The van der Waals surface area contributed by atoms with E-state index < -0.39 is 10.0 Å². The molecule has 0 unspecified atom stereocenters. The number of aromatic nitrogens is 2. The number of ether oxygens (including phenoxy) is 1. The summed E-state index contributed by atoms with van der Waals surface area (Å²) in [7, 11) is -2.03. The van der Waals surface area contributed by atoms with E-state index in [4.69, 9.17) is 4.74 Å². The summed E-state index contributed by atoms with van der Waals surface area (Å²) in [6.45, 7) is 4.80. The predicted octanol–water partition coefficient (Wildman–Crippen LogP) is 2.23. The van der Waals surface area contributed by atoms with E-state index in [0.717, 1.165) is 6.42 Å². The number of hydrogen-bond acceptors (Lipinski definition) is 4. The zero-order valence-electron chi connectivity index (χ0n) is 14.2. The van der Waals surface area contributed by atoms with Gasteiger partial charge in [-0.15, -0.1) is 0 Å². The van der Waals surface area contributed by atoms with Crippen molar-refractivity contribution in [3.63, 3.8) is 0 Å². The number of likely N-dealkylation sites (N-methyl/N-ethyl adjacent to an activating group) is 1. The number of fused-ring (bicyclic) bond motifs is 1. The van der Waals surface area contributed by atoms with Gasteiger partial charge >= 0.3 is 0 Å². The number of nitrogens with zero attached hydrogens (tertiary/aromatic N) is 3. The molecule has 0 spiro atoms. The molecule has 0 fully saturated rings. The van der Waals surface area contributed by atoms with E-state index >= 15 is 0 Å². The Morgan fingerprint density at radius 1 is 1.33 bits per heavy atom. The van der Waals surface area contributed by atoms with Gasteiger partial charge in [-0.1, -0.05) is 24.3 Å². The highest BCUT2D eigenvalue weighted by Crippen LogP contribution is 2.22. The normalized spacial score (nSPS) is 18.1. The van der Waals surface area contributed by atoms with Crippen LogP contribution in [-0.2, 0) is 27.8 Å². The third-order valence-electron chi connectivity index (χ3n) is 4.35. The van der Waals surface area contributed by atoms with Crippen LogP contribution < -0.4 is 0 Å². The average Bonchev–Trinajstić information content (AvgIpc) is 3.05. The van der Waals surface area contributed by atoms with Crippen molar-refractivity contribution >= 4 is 10.0 Å². The van der Waals surface area contributed by atoms with Crippen molar-refractivity contribution in [2.45, 2.75) is 44.0 Å². The maximum atomic E-state index is 12.7. The molecule has 0 aliphatic carbocycles. The van der Waals surface area contributed by atoms with Crippen molar-refractivity contribution < 1.29 is 13.2 Å². The first-order valence-corrected chi connectivity index (χ1v) is 9.50. The number of rotatable bonds is 5. The first-order chi connectivity index (χ1) is 11.4. The van der Waals surface area contributed by atoms with Crippen molar-refractivity contribution in [2.24, 2.45) is 0 Å². The highest BCUT2D eigenvalue weighted by atomic mass is 32.2. The summed E-state index contributed by atoms with van der Waals surface area (Å²) in [6, 6.07) is 8.28. The van der Waals surface area contributed by atoms with Gasteiger partial charge in [0, 0.05) is 32.3 Å². The van der Waals surface area contributed by atoms with Crippen molar-refractivity contribution in [1.82, 2.24) is 13.9 Å². The molecule has 24 heavy (non-hydrogen) atoms. The Labute approximate surface area is 143 Å². The SMILES string of the molecule is CC(C)n1cnc(S(=O)(=O)N(C)C[C@H]2Cc3ccccc3CO2)c1. The third kappa shape index (κ3) is 3.38. The molecule has 2 aromatic rings. The van der Waals surface area contributed by atoms with Crippen LogP contribution in [0.3, 0.4) is 0 Å². The summed E-state index contributed by atoms with van der Waals surface area (Å²) in [6.07, 6.45) is 3.70. The number of imidazole rings is 1. The topological polar surface area (TPSA) is 64.4 Å². The average molecular weight is 349 g/mol. The van der Waals surface area contributed by atoms with Crippen molar-refractivity contribution in [1.29, 1.82) is 0 Å². The molecule has 6 nitrogen and oxygen atoms in total. The molecular formula is C17H23N3O3S. The maximum Gasteiger partial charge on any atom is 0.261 e. The molecule has 1 aliphatic rings. The fourth-order valence-electron chi connectivity index (χ4n) is 2.80. The van der Waals surface area contributed by atoms with Crippen LogP contribution in [0.2, 0.25) is 0 Å². The number of hydrogen-bond donors (Lipinski definition) is 0. The lowest BCUT2D eigenvalue weighted by molar-refractivity contribution is 0.0202. The number of benzene rings is 1. The second kappa shape index (κ2) is 6.66. The fourth-order valence-corrected chi connectivity index (χ4v) is 3.92. The van der Waals surface area contributed by atoms with Crippen LogP contribution in [0.5, 0.6) is 0 Å². The van der Waals surface area contributed by atoms with E-state index in [9.17, 15) is 8.42 Å². The molecule has 0 saturated carbocycles. The zero-order chi connectivity index (χ0) is 17.3. The first kappa shape index (κ1) is 17.1. The van der Waals surface area contributed by atoms with Gasteiger partial charge in [0.05, 0.1) is 19.0 Å². The molecule has 0 bridgehead atoms. The molecule has 0 N–H and O–H groups in total. The summed E-state index contributed by atoms with van der Waals surface area (Å²) in [4.78, 5) is 4.05. The third-order valence-corrected chi connectivity index (χ3v) is 6.06. The second-order valence-electron chi connectivity index (χ2n) is 6.44. The lowest BCUT2D eigenvalue weighted by Gasteiger charge is -2.28. The first-order valence-electron chi connectivity index (χ1n) is 8.06. The van der Waals surface area contributed by atoms with Crippen LogP contribution >= 0.6 is 0 Å². The van der Waals surface area contributed by atoms with Crippen LogP contribution in [0.1, 0.15) is 31.0 Å². The Morgan fingerprint density at radius 3 is 2.71 bits per heavy atom. The van der Waals surface area contributed by atoms with E-state index in [1.54, 1.807) is 24.1 Å². The smallest absolute Gasteiger partial charge is 0.261 e. The van der Waals surface area contributed by atoms with Crippen LogP contribution in [0.25, 0.3) is 0 Å². The van der Waals surface area contributed by atoms with Gasteiger partial charge in [-0.3, -0.25) is 0 Å². The Kier molecular flexibility index (Phi) is 4.76. The van der Waals surface area contributed by atoms with E-state index in [0.29, 0.717) is 13.2 Å². The quantitative estimate of drug-likeness (QED) is 0.830. The van der Waals surface area contributed by atoms with Crippen LogP contribution in [0.15, 0.2) is 41.8 Å². The molecule has 130 valence electrons. The highest BCUT2D eigenvalue weighted by molar-refractivity contribution is 7.89. The van der Waals surface area contributed by atoms with Gasteiger partial charge in [-0.25, -0.2) is 13.4 Å².